The van der Waals surface area contributed by atoms with Crippen LogP contribution in [0.4, 0.5) is 0 Å². The van der Waals surface area contributed by atoms with Crippen LogP contribution in [0, 0.1) is 0 Å². The first-order valence-corrected chi connectivity index (χ1v) is 8.42. The minimum absolute atomic E-state index is 0.839. The molecule has 0 fully saturated rings. The molecule has 0 aromatic heterocycles. The predicted molar refractivity (Wildman–Crippen MR) is 115 cm³/mol. The zero-order chi connectivity index (χ0) is 18.7. The van der Waals surface area contributed by atoms with Gasteiger partial charge in [-0.1, -0.05) is 67.3 Å². The molecule has 0 rings (SSSR count). The van der Waals surface area contributed by atoms with E-state index in [1.807, 2.05) is 44.2 Å². The van der Waals surface area contributed by atoms with E-state index in [1.54, 1.807) is 6.08 Å². The lowest BCUT2D eigenvalue weighted by Crippen LogP contribution is -1.91. The van der Waals surface area contributed by atoms with Crippen LogP contribution in [0.25, 0.3) is 0 Å². The van der Waals surface area contributed by atoms with Crippen LogP contribution in [-0.2, 0) is 0 Å². The fraction of sp³-hybridized carbons (Fsp3) is 0.217. The van der Waals surface area contributed by atoms with Crippen molar-refractivity contribution in [3.63, 3.8) is 0 Å². The maximum absolute atomic E-state index is 4.57. The molecule has 0 nitrogen and oxygen atoms in total. The maximum Gasteiger partial charge on any atom is 0.00518 e. The second kappa shape index (κ2) is 11.5. The Morgan fingerprint density at radius 3 is 2.04 bits per heavy atom. The molecular weight excluding hydrogens is 308 g/mol. The van der Waals surface area contributed by atoms with Crippen molar-refractivity contribution in [2.75, 3.05) is 0 Å². The fourth-order valence-electron chi connectivity index (χ4n) is 1.87. The van der Waals surface area contributed by atoms with Gasteiger partial charge in [0, 0.05) is 4.91 Å². The summed E-state index contributed by atoms with van der Waals surface area (Å²) in [5, 5.41) is 0. The van der Waals surface area contributed by atoms with E-state index in [1.165, 1.54) is 11.1 Å². The Labute approximate surface area is 154 Å². The molecule has 0 atom stereocenters. The van der Waals surface area contributed by atoms with Gasteiger partial charge < -0.3 is 0 Å². The zero-order valence-corrected chi connectivity index (χ0v) is 16.6. The van der Waals surface area contributed by atoms with E-state index in [2.05, 4.69) is 65.3 Å². The molecule has 0 aromatic rings. The molecule has 0 N–H and O–H groups in total. The lowest BCUT2D eigenvalue weighted by molar-refractivity contribution is 1.25. The summed E-state index contributed by atoms with van der Waals surface area (Å²) in [5.74, 6) is 0. The van der Waals surface area contributed by atoms with Gasteiger partial charge >= 0.3 is 0 Å². The molecule has 0 saturated carbocycles. The van der Waals surface area contributed by atoms with E-state index in [0.717, 1.165) is 27.2 Å². The highest BCUT2D eigenvalue weighted by atomic mass is 32.1. The molecule has 0 spiro atoms. The van der Waals surface area contributed by atoms with Crippen molar-refractivity contribution in [2.45, 2.75) is 34.6 Å². The highest BCUT2D eigenvalue weighted by Crippen LogP contribution is 2.24. The van der Waals surface area contributed by atoms with Gasteiger partial charge in [-0.25, -0.2) is 0 Å². The van der Waals surface area contributed by atoms with Crippen LogP contribution in [0.5, 0.6) is 0 Å². The molecule has 0 bridgehead atoms. The lowest BCUT2D eigenvalue weighted by Gasteiger charge is -2.10. The summed E-state index contributed by atoms with van der Waals surface area (Å²) in [4.78, 5) is 0.839. The van der Waals surface area contributed by atoms with Gasteiger partial charge in [-0.15, -0.1) is 12.6 Å². The molecular formula is C23H30S. The molecule has 0 aliphatic carbocycles. The number of allylic oxidation sites excluding steroid dienone is 14. The van der Waals surface area contributed by atoms with E-state index >= 15 is 0 Å². The van der Waals surface area contributed by atoms with E-state index in [-0.39, 0.29) is 0 Å². The Balaban J connectivity index is 5.88. The Morgan fingerprint density at radius 2 is 1.54 bits per heavy atom. The van der Waals surface area contributed by atoms with Gasteiger partial charge in [0.05, 0.1) is 0 Å². The van der Waals surface area contributed by atoms with Gasteiger partial charge in [0.25, 0.3) is 0 Å². The first-order chi connectivity index (χ1) is 11.2. The highest BCUT2D eigenvalue weighted by molar-refractivity contribution is 7.84. The minimum Gasteiger partial charge on any atom is -0.143 e. The quantitative estimate of drug-likeness (QED) is 0.344. The fourth-order valence-corrected chi connectivity index (χ4v) is 2.17. The largest absolute Gasteiger partial charge is 0.143 e. The monoisotopic (exact) mass is 338 g/mol. The second-order valence-corrected chi connectivity index (χ2v) is 6.34. The molecule has 0 aliphatic heterocycles. The number of rotatable bonds is 8. The average Bonchev–Trinajstić information content (AvgIpc) is 2.50. The van der Waals surface area contributed by atoms with Crippen LogP contribution in [0.3, 0.4) is 0 Å². The molecule has 0 heterocycles. The topological polar surface area (TPSA) is 0 Å². The second-order valence-electron chi connectivity index (χ2n) is 5.83. The minimum atomic E-state index is 0.839. The van der Waals surface area contributed by atoms with Crippen molar-refractivity contribution in [3.05, 3.63) is 107 Å². The number of thiol groups is 1. The van der Waals surface area contributed by atoms with Gasteiger partial charge in [-0.05, 0) is 69.1 Å². The van der Waals surface area contributed by atoms with E-state index in [0.29, 0.717) is 0 Å². The van der Waals surface area contributed by atoms with Gasteiger partial charge in [0.1, 0.15) is 0 Å². The maximum atomic E-state index is 4.57. The Bertz CT molecular complexity index is 667. The Morgan fingerprint density at radius 1 is 0.917 bits per heavy atom. The summed E-state index contributed by atoms with van der Waals surface area (Å²) < 4.78 is 0. The molecule has 0 unspecified atom stereocenters. The summed E-state index contributed by atoms with van der Waals surface area (Å²) >= 11 is 4.57. The normalized spacial score (nSPS) is 13.5. The van der Waals surface area contributed by atoms with Crippen LogP contribution >= 0.6 is 12.6 Å². The lowest BCUT2D eigenvalue weighted by atomic mass is 9.96. The SMILES string of the molecule is C=C/C=C(C)/C=C\C(=C\C(S)=C/C(=C)/C=C\C)C(=C)C(C)=C(C)C. The molecule has 128 valence electrons. The van der Waals surface area contributed by atoms with Gasteiger partial charge in [-0.2, -0.15) is 0 Å². The number of hydrogen-bond donors (Lipinski definition) is 1. The molecule has 0 saturated heterocycles. The smallest absolute Gasteiger partial charge is 0.00518 e. The first-order valence-electron chi connectivity index (χ1n) is 7.98. The summed E-state index contributed by atoms with van der Waals surface area (Å²) in [7, 11) is 0. The third-order valence-corrected chi connectivity index (χ3v) is 3.73. The van der Waals surface area contributed by atoms with Crippen molar-refractivity contribution in [3.8, 4) is 0 Å². The van der Waals surface area contributed by atoms with Crippen LogP contribution in [0.1, 0.15) is 34.6 Å². The Hall–Kier alpha value is -1.99. The van der Waals surface area contributed by atoms with Crippen LogP contribution < -0.4 is 0 Å². The van der Waals surface area contributed by atoms with Crippen molar-refractivity contribution in [1.29, 1.82) is 0 Å². The summed E-state index contributed by atoms with van der Waals surface area (Å²) in [6, 6.07) is 0. The molecule has 0 amide bonds. The summed E-state index contributed by atoms with van der Waals surface area (Å²) in [6.07, 6.45) is 15.7. The summed E-state index contributed by atoms with van der Waals surface area (Å²) in [5.41, 5.74) is 6.50. The van der Waals surface area contributed by atoms with Gasteiger partial charge in [0.15, 0.2) is 0 Å². The van der Waals surface area contributed by atoms with Crippen molar-refractivity contribution in [1.82, 2.24) is 0 Å². The van der Waals surface area contributed by atoms with Gasteiger partial charge in [0.2, 0.25) is 0 Å². The van der Waals surface area contributed by atoms with E-state index in [9.17, 15) is 0 Å². The van der Waals surface area contributed by atoms with Crippen molar-refractivity contribution >= 4 is 12.6 Å². The molecule has 24 heavy (non-hydrogen) atoms. The standard InChI is InChI=1S/C23H30S/c1-9-11-18(5)13-14-22(21(8)20(7)17(3)4)16-23(24)15-19(6)12-10-2/h9-16,24H,1,6,8H2,2-5,7H3/b12-10-,14-13-,18-11+,22-16-,23-15+. The molecule has 0 radical (unpaired) electrons. The van der Waals surface area contributed by atoms with E-state index in [4.69, 9.17) is 0 Å². The van der Waals surface area contributed by atoms with E-state index < -0.39 is 0 Å². The predicted octanol–water partition coefficient (Wildman–Crippen LogP) is 7.46. The molecule has 1 heteroatoms. The van der Waals surface area contributed by atoms with Gasteiger partial charge in [-0.3, -0.25) is 0 Å². The Kier molecular flexibility index (Phi) is 10.6. The summed E-state index contributed by atoms with van der Waals surface area (Å²) in [6.45, 7) is 22.3. The van der Waals surface area contributed by atoms with Crippen LogP contribution in [0.15, 0.2) is 107 Å². The van der Waals surface area contributed by atoms with Crippen LogP contribution in [0.2, 0.25) is 0 Å². The van der Waals surface area contributed by atoms with Crippen LogP contribution in [-0.4, -0.2) is 0 Å². The first kappa shape index (κ1) is 22.0. The highest BCUT2D eigenvalue weighted by Gasteiger charge is 2.04. The molecule has 0 aromatic carbocycles. The van der Waals surface area contributed by atoms with Crippen molar-refractivity contribution < 1.29 is 0 Å². The average molecular weight is 339 g/mol. The molecule has 0 aliphatic rings. The zero-order valence-electron chi connectivity index (χ0n) is 15.7. The van der Waals surface area contributed by atoms with Crippen molar-refractivity contribution in [2.24, 2.45) is 0 Å². The third-order valence-electron chi connectivity index (χ3n) is 3.48. The third kappa shape index (κ3) is 8.59. The number of hydrogen-bond acceptors (Lipinski definition) is 1.